The van der Waals surface area contributed by atoms with Crippen LogP contribution >= 0.6 is 11.3 Å². The molecule has 0 aromatic carbocycles. The zero-order valence-corrected chi connectivity index (χ0v) is 10.2. The molecule has 0 amide bonds. The van der Waals surface area contributed by atoms with Gasteiger partial charge in [-0.1, -0.05) is 6.07 Å². The number of nitrogens with zero attached hydrogens (tertiary/aromatic N) is 2. The zero-order chi connectivity index (χ0) is 12.3. The standard InChI is InChI=1S/C12H14N2O2S/c13-8-10(11-2-1-7-17-11)14-5-3-9(4-6-14)12(15)16/h1-2,7,9-10H,3-6H2,(H,15,16). The van der Waals surface area contributed by atoms with Gasteiger partial charge in [0, 0.05) is 18.0 Å². The average Bonchev–Trinajstić information content (AvgIpc) is 2.84. The highest BCUT2D eigenvalue weighted by atomic mass is 32.1. The highest BCUT2D eigenvalue weighted by Gasteiger charge is 2.29. The van der Waals surface area contributed by atoms with Crippen molar-refractivity contribution in [2.75, 3.05) is 13.1 Å². The Morgan fingerprint density at radius 2 is 2.29 bits per heavy atom. The van der Waals surface area contributed by atoms with E-state index >= 15 is 0 Å². The molecule has 1 N–H and O–H groups in total. The van der Waals surface area contributed by atoms with Crippen molar-refractivity contribution in [1.82, 2.24) is 4.90 Å². The maximum atomic E-state index is 10.8. The van der Waals surface area contributed by atoms with Crippen molar-refractivity contribution in [3.8, 4) is 6.07 Å². The predicted octanol–water partition coefficient (Wildman–Crippen LogP) is 2.11. The molecule has 2 heterocycles. The molecular weight excluding hydrogens is 236 g/mol. The van der Waals surface area contributed by atoms with E-state index in [1.807, 2.05) is 17.5 Å². The minimum Gasteiger partial charge on any atom is -0.481 e. The van der Waals surface area contributed by atoms with E-state index in [-0.39, 0.29) is 12.0 Å². The zero-order valence-electron chi connectivity index (χ0n) is 9.37. The van der Waals surface area contributed by atoms with Gasteiger partial charge in [0.05, 0.1) is 12.0 Å². The maximum Gasteiger partial charge on any atom is 0.306 e. The summed E-state index contributed by atoms with van der Waals surface area (Å²) in [6.07, 6.45) is 1.28. The number of piperidine rings is 1. The molecule has 0 bridgehead atoms. The molecule has 1 saturated heterocycles. The average molecular weight is 250 g/mol. The molecular formula is C12H14N2O2S. The monoisotopic (exact) mass is 250 g/mol. The van der Waals surface area contributed by atoms with Crippen LogP contribution in [0.15, 0.2) is 17.5 Å². The molecule has 1 aromatic heterocycles. The smallest absolute Gasteiger partial charge is 0.306 e. The van der Waals surface area contributed by atoms with Gasteiger partial charge in [-0.15, -0.1) is 11.3 Å². The van der Waals surface area contributed by atoms with E-state index in [0.29, 0.717) is 25.9 Å². The van der Waals surface area contributed by atoms with Crippen LogP contribution in [0.4, 0.5) is 0 Å². The van der Waals surface area contributed by atoms with Crippen molar-refractivity contribution in [3.63, 3.8) is 0 Å². The first kappa shape index (κ1) is 12.1. The quantitative estimate of drug-likeness (QED) is 0.892. The van der Waals surface area contributed by atoms with Crippen LogP contribution in [-0.2, 0) is 4.79 Å². The number of likely N-dealkylation sites (tertiary alicyclic amines) is 1. The van der Waals surface area contributed by atoms with Crippen LogP contribution in [0.3, 0.4) is 0 Å². The highest BCUT2D eigenvalue weighted by Crippen LogP contribution is 2.28. The fourth-order valence-electron chi connectivity index (χ4n) is 2.18. The Hall–Kier alpha value is -1.38. The molecule has 1 atom stereocenters. The van der Waals surface area contributed by atoms with Gasteiger partial charge in [-0.25, -0.2) is 0 Å². The minimum atomic E-state index is -0.714. The molecule has 0 saturated carbocycles. The third-order valence-corrected chi connectivity index (χ3v) is 4.10. The van der Waals surface area contributed by atoms with Gasteiger partial charge >= 0.3 is 5.97 Å². The van der Waals surface area contributed by atoms with Gasteiger partial charge in [-0.3, -0.25) is 9.69 Å². The van der Waals surface area contributed by atoms with E-state index in [2.05, 4.69) is 11.0 Å². The Kier molecular flexibility index (Phi) is 3.77. The lowest BCUT2D eigenvalue weighted by atomic mass is 9.96. The van der Waals surface area contributed by atoms with Crippen molar-refractivity contribution in [3.05, 3.63) is 22.4 Å². The van der Waals surface area contributed by atoms with Gasteiger partial charge in [0.1, 0.15) is 6.04 Å². The summed E-state index contributed by atoms with van der Waals surface area (Å²) in [5.41, 5.74) is 0. The van der Waals surface area contributed by atoms with Gasteiger partial charge in [0.15, 0.2) is 0 Å². The number of carboxylic acids is 1. The van der Waals surface area contributed by atoms with Gasteiger partial charge in [0.25, 0.3) is 0 Å². The van der Waals surface area contributed by atoms with Gasteiger partial charge < -0.3 is 5.11 Å². The molecule has 1 aliphatic heterocycles. The van der Waals surface area contributed by atoms with Crippen molar-refractivity contribution >= 4 is 17.3 Å². The highest BCUT2D eigenvalue weighted by molar-refractivity contribution is 7.10. The fraction of sp³-hybridized carbons (Fsp3) is 0.500. The summed E-state index contributed by atoms with van der Waals surface area (Å²) in [6.45, 7) is 1.38. The molecule has 90 valence electrons. The van der Waals surface area contributed by atoms with E-state index < -0.39 is 5.97 Å². The van der Waals surface area contributed by atoms with Crippen LogP contribution in [0.1, 0.15) is 23.8 Å². The summed E-state index contributed by atoms with van der Waals surface area (Å²) in [7, 11) is 0. The maximum absolute atomic E-state index is 10.8. The van der Waals surface area contributed by atoms with Crippen LogP contribution in [-0.4, -0.2) is 29.1 Å². The van der Waals surface area contributed by atoms with E-state index in [4.69, 9.17) is 5.11 Å². The lowest BCUT2D eigenvalue weighted by Gasteiger charge is -2.32. The Morgan fingerprint density at radius 1 is 1.59 bits per heavy atom. The largest absolute Gasteiger partial charge is 0.481 e. The van der Waals surface area contributed by atoms with Crippen LogP contribution in [0.25, 0.3) is 0 Å². The molecule has 0 radical (unpaired) electrons. The minimum absolute atomic E-state index is 0.218. The SMILES string of the molecule is N#CC(c1cccs1)N1CCC(C(=O)O)CC1. The van der Waals surface area contributed by atoms with Gasteiger partial charge in [-0.2, -0.15) is 5.26 Å². The molecule has 17 heavy (non-hydrogen) atoms. The van der Waals surface area contributed by atoms with Gasteiger partial charge in [-0.05, 0) is 24.3 Å². The lowest BCUT2D eigenvalue weighted by molar-refractivity contribution is -0.143. The number of hydrogen-bond donors (Lipinski definition) is 1. The second-order valence-corrected chi connectivity index (χ2v) is 5.17. The van der Waals surface area contributed by atoms with Crippen LogP contribution < -0.4 is 0 Å². The van der Waals surface area contributed by atoms with E-state index in [9.17, 15) is 10.1 Å². The first-order valence-corrected chi connectivity index (χ1v) is 6.50. The molecule has 1 fully saturated rings. The molecule has 4 nitrogen and oxygen atoms in total. The van der Waals surface area contributed by atoms with Crippen LogP contribution in [0.2, 0.25) is 0 Å². The van der Waals surface area contributed by atoms with E-state index in [1.54, 1.807) is 11.3 Å². The molecule has 2 rings (SSSR count). The Morgan fingerprint density at radius 3 is 2.76 bits per heavy atom. The van der Waals surface area contributed by atoms with Crippen molar-refractivity contribution < 1.29 is 9.90 Å². The number of rotatable bonds is 3. The summed E-state index contributed by atoms with van der Waals surface area (Å²) in [6, 6.07) is 5.99. The Balaban J connectivity index is 2.00. The summed E-state index contributed by atoms with van der Waals surface area (Å²) in [5, 5.41) is 20.1. The molecule has 0 spiro atoms. The second kappa shape index (κ2) is 5.30. The molecule has 0 aliphatic carbocycles. The van der Waals surface area contributed by atoms with Crippen molar-refractivity contribution in [2.24, 2.45) is 5.92 Å². The number of hydrogen-bond acceptors (Lipinski definition) is 4. The number of carboxylic acid groups (broad SMARTS) is 1. The first-order chi connectivity index (χ1) is 8.22. The van der Waals surface area contributed by atoms with Crippen molar-refractivity contribution in [2.45, 2.75) is 18.9 Å². The summed E-state index contributed by atoms with van der Waals surface area (Å²) in [4.78, 5) is 14.0. The number of aliphatic carboxylic acids is 1. The number of thiophene rings is 1. The van der Waals surface area contributed by atoms with Gasteiger partial charge in [0.2, 0.25) is 0 Å². The Bertz CT molecular complexity index is 416. The van der Waals surface area contributed by atoms with E-state index in [0.717, 1.165) is 4.88 Å². The normalized spacial score (nSPS) is 19.7. The Labute approximate surface area is 104 Å². The molecule has 5 heteroatoms. The van der Waals surface area contributed by atoms with Crippen molar-refractivity contribution in [1.29, 1.82) is 5.26 Å². The fourth-order valence-corrected chi connectivity index (χ4v) is 2.98. The predicted molar refractivity (Wildman–Crippen MR) is 64.6 cm³/mol. The van der Waals surface area contributed by atoms with Crippen LogP contribution in [0, 0.1) is 17.2 Å². The topological polar surface area (TPSA) is 64.3 Å². The molecule has 1 unspecified atom stereocenters. The van der Waals surface area contributed by atoms with Crippen LogP contribution in [0.5, 0.6) is 0 Å². The molecule has 1 aromatic rings. The summed E-state index contributed by atoms with van der Waals surface area (Å²) < 4.78 is 0. The first-order valence-electron chi connectivity index (χ1n) is 5.62. The number of nitriles is 1. The summed E-state index contributed by atoms with van der Waals surface area (Å²) in [5.74, 6) is -0.955. The third kappa shape index (κ3) is 2.65. The molecule has 1 aliphatic rings. The summed E-state index contributed by atoms with van der Waals surface area (Å²) >= 11 is 1.58. The lowest BCUT2D eigenvalue weighted by Crippen LogP contribution is -2.38. The number of carbonyl (C=O) groups is 1. The third-order valence-electron chi connectivity index (χ3n) is 3.18. The second-order valence-electron chi connectivity index (χ2n) is 4.20. The van der Waals surface area contributed by atoms with E-state index in [1.165, 1.54) is 0 Å².